The summed E-state index contributed by atoms with van der Waals surface area (Å²) in [5.74, 6) is 0. The summed E-state index contributed by atoms with van der Waals surface area (Å²) in [6, 6.07) is 7.11. The SMILES string of the molecule is CCCC(N)Cc1ccc(S(=O)(=O)N(C)C)cc1. The first-order valence-electron chi connectivity index (χ1n) is 6.15. The molecule has 0 saturated heterocycles. The molecule has 5 heteroatoms. The predicted octanol–water partition coefficient (Wildman–Crippen LogP) is 1.61. The van der Waals surface area contributed by atoms with E-state index in [2.05, 4.69) is 6.92 Å². The molecule has 1 unspecified atom stereocenters. The van der Waals surface area contributed by atoms with Crippen LogP contribution in [-0.2, 0) is 16.4 Å². The smallest absolute Gasteiger partial charge is 0.242 e. The Morgan fingerprint density at radius 3 is 2.22 bits per heavy atom. The van der Waals surface area contributed by atoms with Crippen molar-refractivity contribution >= 4 is 10.0 Å². The molecule has 4 nitrogen and oxygen atoms in total. The van der Waals surface area contributed by atoms with Gasteiger partial charge in [-0.25, -0.2) is 12.7 Å². The van der Waals surface area contributed by atoms with Gasteiger partial charge in [-0.1, -0.05) is 25.5 Å². The Balaban J connectivity index is 2.81. The van der Waals surface area contributed by atoms with Crippen LogP contribution in [0.2, 0.25) is 0 Å². The molecule has 0 aliphatic heterocycles. The zero-order valence-corrected chi connectivity index (χ0v) is 12.1. The van der Waals surface area contributed by atoms with Crippen LogP contribution in [0, 0.1) is 0 Å². The molecular formula is C13H22N2O2S. The summed E-state index contributed by atoms with van der Waals surface area (Å²) >= 11 is 0. The third-order valence-electron chi connectivity index (χ3n) is 2.86. The number of hydrogen-bond donors (Lipinski definition) is 1. The highest BCUT2D eigenvalue weighted by Crippen LogP contribution is 2.15. The summed E-state index contributed by atoms with van der Waals surface area (Å²) in [4.78, 5) is 0.320. The molecule has 102 valence electrons. The Bertz CT molecular complexity index is 466. The highest BCUT2D eigenvalue weighted by molar-refractivity contribution is 7.89. The molecule has 1 aromatic rings. The zero-order chi connectivity index (χ0) is 13.8. The van der Waals surface area contributed by atoms with Gasteiger partial charge in [-0.15, -0.1) is 0 Å². The van der Waals surface area contributed by atoms with Gasteiger partial charge in [0.2, 0.25) is 10.0 Å². The summed E-state index contributed by atoms with van der Waals surface area (Å²) in [5.41, 5.74) is 7.04. The van der Waals surface area contributed by atoms with Gasteiger partial charge < -0.3 is 5.73 Å². The van der Waals surface area contributed by atoms with E-state index in [0.717, 1.165) is 24.8 Å². The molecule has 0 fully saturated rings. The molecule has 0 heterocycles. The number of nitrogens with zero attached hydrogens (tertiary/aromatic N) is 1. The van der Waals surface area contributed by atoms with Crippen molar-refractivity contribution in [2.75, 3.05) is 14.1 Å². The van der Waals surface area contributed by atoms with E-state index in [1.165, 1.54) is 18.4 Å². The lowest BCUT2D eigenvalue weighted by Gasteiger charge is -2.13. The maximum Gasteiger partial charge on any atom is 0.242 e. The summed E-state index contributed by atoms with van der Waals surface area (Å²) < 4.78 is 25.0. The Hall–Kier alpha value is -0.910. The van der Waals surface area contributed by atoms with Gasteiger partial charge >= 0.3 is 0 Å². The standard InChI is InChI=1S/C13H22N2O2S/c1-4-5-12(14)10-11-6-8-13(9-7-11)18(16,17)15(2)3/h6-9,12H,4-5,10,14H2,1-3H3. The third kappa shape index (κ3) is 3.80. The van der Waals surface area contributed by atoms with Crippen LogP contribution < -0.4 is 5.73 Å². The summed E-state index contributed by atoms with van der Waals surface area (Å²) in [6.07, 6.45) is 2.84. The Morgan fingerprint density at radius 2 is 1.78 bits per heavy atom. The van der Waals surface area contributed by atoms with Crippen molar-refractivity contribution < 1.29 is 8.42 Å². The molecule has 1 aromatic carbocycles. The number of benzene rings is 1. The average Bonchev–Trinajstić information content (AvgIpc) is 2.29. The fraction of sp³-hybridized carbons (Fsp3) is 0.538. The van der Waals surface area contributed by atoms with E-state index in [-0.39, 0.29) is 6.04 Å². The van der Waals surface area contributed by atoms with E-state index in [9.17, 15) is 8.42 Å². The number of sulfonamides is 1. The molecule has 0 aliphatic carbocycles. The lowest BCUT2D eigenvalue weighted by atomic mass is 10.0. The van der Waals surface area contributed by atoms with Crippen molar-refractivity contribution in [3.8, 4) is 0 Å². The van der Waals surface area contributed by atoms with Crippen molar-refractivity contribution in [3.63, 3.8) is 0 Å². The van der Waals surface area contributed by atoms with Crippen LogP contribution in [-0.4, -0.2) is 32.9 Å². The predicted molar refractivity (Wildman–Crippen MR) is 73.9 cm³/mol. The van der Waals surface area contributed by atoms with Gasteiger partial charge in [-0.2, -0.15) is 0 Å². The Labute approximate surface area is 110 Å². The summed E-state index contributed by atoms with van der Waals surface area (Å²) in [6.45, 7) is 2.10. The maximum absolute atomic E-state index is 11.9. The first kappa shape index (κ1) is 15.1. The minimum Gasteiger partial charge on any atom is -0.327 e. The largest absolute Gasteiger partial charge is 0.327 e. The lowest BCUT2D eigenvalue weighted by molar-refractivity contribution is 0.520. The second-order valence-electron chi connectivity index (χ2n) is 4.68. The van der Waals surface area contributed by atoms with Gasteiger partial charge in [-0.05, 0) is 30.5 Å². The maximum atomic E-state index is 11.9. The molecule has 0 amide bonds. The van der Waals surface area contributed by atoms with Gasteiger partial charge in [0.05, 0.1) is 4.90 Å². The fourth-order valence-electron chi connectivity index (χ4n) is 1.78. The van der Waals surface area contributed by atoms with Crippen LogP contribution in [0.3, 0.4) is 0 Å². The van der Waals surface area contributed by atoms with E-state index in [4.69, 9.17) is 5.73 Å². The normalized spacial score (nSPS) is 13.8. The lowest BCUT2D eigenvalue weighted by Crippen LogP contribution is -2.23. The quantitative estimate of drug-likeness (QED) is 0.854. The van der Waals surface area contributed by atoms with Crippen molar-refractivity contribution in [1.82, 2.24) is 4.31 Å². The van der Waals surface area contributed by atoms with Crippen molar-refractivity contribution in [2.45, 2.75) is 37.1 Å². The average molecular weight is 270 g/mol. The van der Waals surface area contributed by atoms with Crippen LogP contribution in [0.4, 0.5) is 0 Å². The molecule has 1 atom stereocenters. The van der Waals surface area contributed by atoms with Crippen molar-refractivity contribution in [1.29, 1.82) is 0 Å². The second kappa shape index (κ2) is 6.31. The topological polar surface area (TPSA) is 63.4 Å². The van der Waals surface area contributed by atoms with Crippen LogP contribution in [0.15, 0.2) is 29.2 Å². The van der Waals surface area contributed by atoms with E-state index in [0.29, 0.717) is 4.90 Å². The summed E-state index contributed by atoms with van der Waals surface area (Å²) in [7, 11) is -0.274. The molecule has 0 bridgehead atoms. The molecule has 0 saturated carbocycles. The Kier molecular flexibility index (Phi) is 5.31. The molecule has 0 aromatic heterocycles. The first-order chi connectivity index (χ1) is 8.37. The van der Waals surface area contributed by atoms with Crippen molar-refractivity contribution in [3.05, 3.63) is 29.8 Å². The highest BCUT2D eigenvalue weighted by atomic mass is 32.2. The molecular weight excluding hydrogens is 248 g/mol. The van der Waals surface area contributed by atoms with E-state index in [1.54, 1.807) is 12.1 Å². The van der Waals surface area contributed by atoms with E-state index in [1.807, 2.05) is 12.1 Å². The van der Waals surface area contributed by atoms with Crippen LogP contribution in [0.25, 0.3) is 0 Å². The van der Waals surface area contributed by atoms with E-state index < -0.39 is 10.0 Å². The minimum atomic E-state index is -3.33. The number of rotatable bonds is 6. The summed E-state index contributed by atoms with van der Waals surface area (Å²) in [5, 5.41) is 0. The minimum absolute atomic E-state index is 0.145. The van der Waals surface area contributed by atoms with E-state index >= 15 is 0 Å². The van der Waals surface area contributed by atoms with Crippen LogP contribution in [0.1, 0.15) is 25.3 Å². The van der Waals surface area contributed by atoms with Crippen LogP contribution >= 0.6 is 0 Å². The van der Waals surface area contributed by atoms with Gasteiger partial charge in [0.25, 0.3) is 0 Å². The van der Waals surface area contributed by atoms with Gasteiger partial charge in [0.1, 0.15) is 0 Å². The van der Waals surface area contributed by atoms with Gasteiger partial charge in [0.15, 0.2) is 0 Å². The number of nitrogens with two attached hydrogens (primary N) is 1. The molecule has 0 aliphatic rings. The number of hydrogen-bond acceptors (Lipinski definition) is 3. The molecule has 1 rings (SSSR count). The van der Waals surface area contributed by atoms with Crippen molar-refractivity contribution in [2.24, 2.45) is 5.73 Å². The zero-order valence-electron chi connectivity index (χ0n) is 11.3. The monoisotopic (exact) mass is 270 g/mol. The first-order valence-corrected chi connectivity index (χ1v) is 7.59. The molecule has 0 radical (unpaired) electrons. The van der Waals surface area contributed by atoms with Gasteiger partial charge in [0, 0.05) is 20.1 Å². The third-order valence-corrected chi connectivity index (χ3v) is 4.69. The fourth-order valence-corrected chi connectivity index (χ4v) is 2.69. The second-order valence-corrected chi connectivity index (χ2v) is 6.84. The molecule has 0 spiro atoms. The molecule has 18 heavy (non-hydrogen) atoms. The van der Waals surface area contributed by atoms with Gasteiger partial charge in [-0.3, -0.25) is 0 Å². The molecule has 2 N–H and O–H groups in total. The Morgan fingerprint density at radius 1 is 1.22 bits per heavy atom. The van der Waals surface area contributed by atoms with Crippen LogP contribution in [0.5, 0.6) is 0 Å². The highest BCUT2D eigenvalue weighted by Gasteiger charge is 2.16.